The van der Waals surface area contributed by atoms with Crippen molar-refractivity contribution >= 4 is 29.3 Å². The number of benzene rings is 1. The summed E-state index contributed by atoms with van der Waals surface area (Å²) in [6.07, 6.45) is 3.26. The van der Waals surface area contributed by atoms with Crippen LogP contribution >= 0.6 is 12.2 Å². The van der Waals surface area contributed by atoms with E-state index in [0.29, 0.717) is 23.1 Å². The molecule has 0 aromatic heterocycles. The molecule has 0 radical (unpaired) electrons. The number of ether oxygens (including phenoxy) is 1. The Balaban J connectivity index is 2.30. The van der Waals surface area contributed by atoms with Gasteiger partial charge in [-0.25, -0.2) is 0 Å². The molecule has 1 aromatic rings. The molecule has 1 heterocycles. The fourth-order valence-corrected chi connectivity index (χ4v) is 2.08. The van der Waals surface area contributed by atoms with Crippen LogP contribution in [-0.2, 0) is 4.79 Å². The fraction of sp³-hybridized carbons (Fsp3) is 0.143. The van der Waals surface area contributed by atoms with Crippen LogP contribution in [0.1, 0.15) is 5.56 Å². The Bertz CT molecular complexity index is 610. The highest BCUT2D eigenvalue weighted by Crippen LogP contribution is 2.27. The number of phenolic OH excluding ortho intramolecular Hbond substituents is 1. The smallest absolute Gasteiger partial charge is 0.276 e. The number of methoxy groups -OCH3 is 1. The Morgan fingerprint density at radius 3 is 2.95 bits per heavy atom. The predicted molar refractivity (Wildman–Crippen MR) is 80.3 cm³/mol. The number of phenols is 1. The summed E-state index contributed by atoms with van der Waals surface area (Å²) in [4.78, 5) is 13.5. The van der Waals surface area contributed by atoms with Crippen molar-refractivity contribution in [3.8, 4) is 11.5 Å². The third-order valence-electron chi connectivity index (χ3n) is 2.79. The van der Waals surface area contributed by atoms with Gasteiger partial charge < -0.3 is 15.2 Å². The number of nitrogens with one attached hydrogen (secondary N) is 1. The van der Waals surface area contributed by atoms with E-state index in [-0.39, 0.29) is 11.7 Å². The molecule has 0 aliphatic carbocycles. The van der Waals surface area contributed by atoms with E-state index in [1.807, 2.05) is 0 Å². The van der Waals surface area contributed by atoms with E-state index in [4.69, 9.17) is 17.0 Å². The number of carbonyl (C=O) groups is 1. The van der Waals surface area contributed by atoms with Gasteiger partial charge in [0.25, 0.3) is 5.91 Å². The van der Waals surface area contributed by atoms with Crippen LogP contribution in [-0.4, -0.2) is 34.7 Å². The normalized spacial score (nSPS) is 16.4. The second-order valence-corrected chi connectivity index (χ2v) is 4.51. The lowest BCUT2D eigenvalue weighted by Crippen LogP contribution is -2.30. The van der Waals surface area contributed by atoms with Crippen molar-refractivity contribution in [2.45, 2.75) is 0 Å². The van der Waals surface area contributed by atoms with Crippen LogP contribution in [0.4, 0.5) is 0 Å². The van der Waals surface area contributed by atoms with Gasteiger partial charge in [0.1, 0.15) is 5.70 Å². The maximum absolute atomic E-state index is 12.1. The number of amides is 1. The van der Waals surface area contributed by atoms with E-state index in [1.54, 1.807) is 24.3 Å². The minimum atomic E-state index is -0.207. The highest BCUT2D eigenvalue weighted by atomic mass is 32.1. The van der Waals surface area contributed by atoms with Gasteiger partial charge in [-0.15, -0.1) is 6.58 Å². The largest absolute Gasteiger partial charge is 0.504 e. The maximum Gasteiger partial charge on any atom is 0.276 e. The molecule has 0 bridgehead atoms. The van der Waals surface area contributed by atoms with Crippen molar-refractivity contribution in [2.24, 2.45) is 0 Å². The molecule has 2 rings (SSSR count). The molecule has 0 spiro atoms. The number of carbonyl (C=O) groups excluding carboxylic acids is 1. The monoisotopic (exact) mass is 290 g/mol. The molecule has 0 unspecified atom stereocenters. The topological polar surface area (TPSA) is 61.8 Å². The first-order chi connectivity index (χ1) is 9.56. The molecule has 1 aromatic carbocycles. The van der Waals surface area contributed by atoms with E-state index in [0.717, 1.165) is 5.56 Å². The van der Waals surface area contributed by atoms with Gasteiger partial charge in [-0.2, -0.15) is 0 Å². The third-order valence-corrected chi connectivity index (χ3v) is 3.11. The first-order valence-corrected chi connectivity index (χ1v) is 6.30. The third kappa shape index (κ3) is 2.65. The van der Waals surface area contributed by atoms with Crippen molar-refractivity contribution in [2.75, 3.05) is 13.7 Å². The van der Waals surface area contributed by atoms with Crippen LogP contribution in [0.5, 0.6) is 11.5 Å². The number of hydrogen-bond acceptors (Lipinski definition) is 4. The molecule has 1 aliphatic rings. The van der Waals surface area contributed by atoms with Gasteiger partial charge >= 0.3 is 0 Å². The van der Waals surface area contributed by atoms with Gasteiger partial charge in [-0.3, -0.25) is 9.69 Å². The Labute approximate surface area is 122 Å². The number of hydrogen-bond donors (Lipinski definition) is 2. The summed E-state index contributed by atoms with van der Waals surface area (Å²) in [5.74, 6) is 0.182. The molecular formula is C14H14N2O3S. The number of rotatable bonds is 4. The van der Waals surface area contributed by atoms with Crippen LogP contribution in [0.3, 0.4) is 0 Å². The zero-order chi connectivity index (χ0) is 14.7. The van der Waals surface area contributed by atoms with Gasteiger partial charge in [-0.1, -0.05) is 12.1 Å². The van der Waals surface area contributed by atoms with E-state index < -0.39 is 0 Å². The zero-order valence-electron chi connectivity index (χ0n) is 10.9. The highest BCUT2D eigenvalue weighted by Gasteiger charge is 2.29. The average Bonchev–Trinajstić information content (AvgIpc) is 2.69. The lowest BCUT2D eigenvalue weighted by atomic mass is 10.1. The lowest BCUT2D eigenvalue weighted by molar-refractivity contribution is -0.122. The lowest BCUT2D eigenvalue weighted by Gasteiger charge is -2.09. The van der Waals surface area contributed by atoms with Gasteiger partial charge in [0.05, 0.1) is 7.11 Å². The molecule has 0 saturated carbocycles. The van der Waals surface area contributed by atoms with Crippen molar-refractivity contribution < 1.29 is 14.6 Å². The average molecular weight is 290 g/mol. The molecule has 0 atom stereocenters. The van der Waals surface area contributed by atoms with Gasteiger partial charge in [0, 0.05) is 6.54 Å². The Kier molecular flexibility index (Phi) is 4.05. The van der Waals surface area contributed by atoms with Crippen LogP contribution in [0.2, 0.25) is 0 Å². The Hall–Kier alpha value is -2.34. The van der Waals surface area contributed by atoms with E-state index in [9.17, 15) is 9.90 Å². The number of aromatic hydroxyl groups is 1. The van der Waals surface area contributed by atoms with Crippen molar-refractivity contribution in [3.63, 3.8) is 0 Å². The quantitative estimate of drug-likeness (QED) is 0.501. The Morgan fingerprint density at radius 2 is 2.30 bits per heavy atom. The second-order valence-electron chi connectivity index (χ2n) is 4.12. The summed E-state index contributed by atoms with van der Waals surface area (Å²) in [7, 11) is 1.46. The van der Waals surface area contributed by atoms with Crippen molar-refractivity contribution in [3.05, 3.63) is 42.1 Å². The predicted octanol–water partition coefficient (Wildman–Crippen LogP) is 1.64. The summed E-state index contributed by atoms with van der Waals surface area (Å²) in [6.45, 7) is 3.95. The minimum absolute atomic E-state index is 0.0455. The van der Waals surface area contributed by atoms with Crippen LogP contribution in [0, 0.1) is 0 Å². The molecule has 20 heavy (non-hydrogen) atoms. The van der Waals surface area contributed by atoms with Crippen molar-refractivity contribution in [1.82, 2.24) is 10.2 Å². The second kappa shape index (κ2) is 5.75. The molecule has 6 heteroatoms. The standard InChI is InChI=1S/C14H14N2O3S/c1-3-6-16-13(18)10(15-14(16)20)7-9-4-5-11(17)12(8-9)19-2/h3-5,7-8,17H,1,6H2,2H3,(H,15,20)/b10-7+. The van der Waals surface area contributed by atoms with Crippen LogP contribution in [0.15, 0.2) is 36.6 Å². The van der Waals surface area contributed by atoms with E-state index in [1.165, 1.54) is 18.1 Å². The zero-order valence-corrected chi connectivity index (χ0v) is 11.7. The minimum Gasteiger partial charge on any atom is -0.504 e. The van der Waals surface area contributed by atoms with E-state index in [2.05, 4.69) is 11.9 Å². The molecule has 1 aliphatic heterocycles. The molecule has 104 valence electrons. The summed E-state index contributed by atoms with van der Waals surface area (Å²) >= 11 is 5.09. The number of nitrogens with zero attached hydrogens (tertiary/aromatic N) is 1. The molecule has 5 nitrogen and oxygen atoms in total. The van der Waals surface area contributed by atoms with Gasteiger partial charge in [0.2, 0.25) is 0 Å². The molecular weight excluding hydrogens is 276 g/mol. The maximum atomic E-state index is 12.1. The SMILES string of the molecule is C=CCN1C(=O)/C(=C\c2ccc(O)c(OC)c2)NC1=S. The summed E-state index contributed by atoms with van der Waals surface area (Å²) < 4.78 is 5.02. The van der Waals surface area contributed by atoms with Gasteiger partial charge in [-0.05, 0) is 36.0 Å². The molecule has 1 fully saturated rings. The van der Waals surface area contributed by atoms with Crippen molar-refractivity contribution in [1.29, 1.82) is 0 Å². The molecule has 2 N–H and O–H groups in total. The Morgan fingerprint density at radius 1 is 1.55 bits per heavy atom. The van der Waals surface area contributed by atoms with Gasteiger partial charge in [0.15, 0.2) is 16.6 Å². The van der Waals surface area contributed by atoms with Crippen LogP contribution in [0.25, 0.3) is 6.08 Å². The van der Waals surface area contributed by atoms with E-state index >= 15 is 0 Å². The van der Waals surface area contributed by atoms with Crippen LogP contribution < -0.4 is 10.1 Å². The summed E-state index contributed by atoms with van der Waals surface area (Å²) in [6, 6.07) is 4.82. The highest BCUT2D eigenvalue weighted by molar-refractivity contribution is 7.80. The molecule has 1 saturated heterocycles. The summed E-state index contributed by atoms with van der Waals surface area (Å²) in [5, 5.41) is 12.7. The summed E-state index contributed by atoms with van der Waals surface area (Å²) in [5.41, 5.74) is 1.10. The number of thiocarbonyl (C=S) groups is 1. The first-order valence-electron chi connectivity index (χ1n) is 5.89. The first kappa shape index (κ1) is 14.1. The molecule has 1 amide bonds. The fourth-order valence-electron chi connectivity index (χ4n) is 1.82.